The molecule has 1 fully saturated rings. The standard InChI is InChI=1S/C18H18N4OS/c1-21-5-7-22(8-6-21)15-2-3-16-14(11-15)10-13-4-9-24-17(13)18(20-16)19-12-23/h2-4,9,11H,5-8,10H2,1H3. The third kappa shape index (κ3) is 2.80. The number of likely N-dealkylation sites (N-methyl/N-ethyl adjacent to an activating group) is 1. The first-order valence-electron chi connectivity index (χ1n) is 8.04. The zero-order chi connectivity index (χ0) is 16.5. The fraction of sp³-hybridized carbons (Fsp3) is 0.333. The molecule has 0 aliphatic carbocycles. The summed E-state index contributed by atoms with van der Waals surface area (Å²) < 4.78 is 0. The number of nitrogens with zero attached hydrogens (tertiary/aromatic N) is 4. The molecule has 2 aromatic rings. The normalized spacial score (nSPS) is 17.4. The van der Waals surface area contributed by atoms with Crippen molar-refractivity contribution in [2.75, 3.05) is 38.1 Å². The molecule has 1 aromatic heterocycles. The molecule has 122 valence electrons. The van der Waals surface area contributed by atoms with Gasteiger partial charge >= 0.3 is 0 Å². The van der Waals surface area contributed by atoms with Crippen LogP contribution in [-0.2, 0) is 11.2 Å². The van der Waals surface area contributed by atoms with Crippen molar-refractivity contribution in [1.29, 1.82) is 0 Å². The maximum absolute atomic E-state index is 10.7. The Morgan fingerprint density at radius 3 is 2.79 bits per heavy atom. The maximum atomic E-state index is 10.7. The quantitative estimate of drug-likeness (QED) is 0.593. The molecule has 2 aliphatic heterocycles. The van der Waals surface area contributed by atoms with Gasteiger partial charge in [0.1, 0.15) is 0 Å². The van der Waals surface area contributed by atoms with E-state index in [-0.39, 0.29) is 0 Å². The van der Waals surface area contributed by atoms with Crippen LogP contribution in [0.2, 0.25) is 0 Å². The van der Waals surface area contributed by atoms with E-state index in [1.165, 1.54) is 16.8 Å². The van der Waals surface area contributed by atoms with Gasteiger partial charge in [0, 0.05) is 38.3 Å². The van der Waals surface area contributed by atoms with Crippen LogP contribution in [0.1, 0.15) is 16.0 Å². The molecule has 3 heterocycles. The average molecular weight is 338 g/mol. The summed E-state index contributed by atoms with van der Waals surface area (Å²) in [5, 5.41) is 2.02. The van der Waals surface area contributed by atoms with Crippen molar-refractivity contribution in [3.8, 4) is 0 Å². The first-order valence-corrected chi connectivity index (χ1v) is 8.92. The number of aliphatic imine (C=N–C) groups is 2. The van der Waals surface area contributed by atoms with Crippen LogP contribution < -0.4 is 4.90 Å². The monoisotopic (exact) mass is 338 g/mol. The Balaban J connectivity index is 1.72. The summed E-state index contributed by atoms with van der Waals surface area (Å²) in [6.45, 7) is 4.26. The van der Waals surface area contributed by atoms with Crippen LogP contribution in [0.4, 0.5) is 11.4 Å². The minimum absolute atomic E-state index is 0.473. The van der Waals surface area contributed by atoms with E-state index in [9.17, 15) is 4.79 Å². The Morgan fingerprint density at radius 2 is 2.00 bits per heavy atom. The van der Waals surface area contributed by atoms with Crippen LogP contribution in [0.25, 0.3) is 0 Å². The predicted molar refractivity (Wildman–Crippen MR) is 97.6 cm³/mol. The Hall–Kier alpha value is -2.27. The van der Waals surface area contributed by atoms with E-state index < -0.39 is 0 Å². The summed E-state index contributed by atoms with van der Waals surface area (Å²) in [6, 6.07) is 8.49. The molecule has 6 heteroatoms. The zero-order valence-corrected chi connectivity index (χ0v) is 14.3. The highest BCUT2D eigenvalue weighted by Gasteiger charge is 2.20. The van der Waals surface area contributed by atoms with Gasteiger partial charge in [0.2, 0.25) is 6.08 Å². The molecule has 0 unspecified atom stereocenters. The Kier molecular flexibility index (Phi) is 4.02. The lowest BCUT2D eigenvalue weighted by atomic mass is 10.0. The van der Waals surface area contributed by atoms with Gasteiger partial charge in [-0.3, -0.25) is 0 Å². The van der Waals surface area contributed by atoms with Gasteiger partial charge in [-0.15, -0.1) is 16.3 Å². The summed E-state index contributed by atoms with van der Waals surface area (Å²) in [5.41, 5.74) is 4.50. The number of rotatable bonds is 1. The van der Waals surface area contributed by atoms with Gasteiger partial charge in [0.25, 0.3) is 0 Å². The minimum Gasteiger partial charge on any atom is -0.369 e. The molecular formula is C18H18N4OS. The topological polar surface area (TPSA) is 48.3 Å². The highest BCUT2D eigenvalue weighted by molar-refractivity contribution is 7.12. The van der Waals surface area contributed by atoms with Gasteiger partial charge < -0.3 is 9.80 Å². The van der Waals surface area contributed by atoms with E-state index in [2.05, 4.69) is 45.0 Å². The van der Waals surface area contributed by atoms with Crippen LogP contribution in [0.5, 0.6) is 0 Å². The van der Waals surface area contributed by atoms with Gasteiger partial charge in [-0.05, 0) is 47.8 Å². The molecule has 5 nitrogen and oxygen atoms in total. The number of hydrogen-bond acceptors (Lipinski definition) is 6. The number of thiophene rings is 1. The lowest BCUT2D eigenvalue weighted by Crippen LogP contribution is -2.44. The molecule has 4 rings (SSSR count). The number of carbonyl (C=O) groups excluding carboxylic acids is 1. The number of piperazine rings is 1. The second-order valence-corrected chi connectivity index (χ2v) is 7.11. The van der Waals surface area contributed by atoms with Crippen LogP contribution >= 0.6 is 11.3 Å². The number of isocyanates is 1. The summed E-state index contributed by atoms with van der Waals surface area (Å²) in [5.74, 6) is 0.473. The van der Waals surface area contributed by atoms with Gasteiger partial charge in [-0.25, -0.2) is 9.79 Å². The lowest BCUT2D eigenvalue weighted by molar-refractivity contribution is 0.313. The molecular weight excluding hydrogens is 320 g/mol. The van der Waals surface area contributed by atoms with Crippen molar-refractivity contribution in [3.63, 3.8) is 0 Å². The molecule has 0 radical (unpaired) electrons. The SMILES string of the molecule is CN1CCN(c2ccc3c(c2)Cc2ccsc2C(N=C=O)=N3)CC1. The average Bonchev–Trinajstić information content (AvgIpc) is 2.99. The highest BCUT2D eigenvalue weighted by Crippen LogP contribution is 2.34. The maximum Gasteiger partial charge on any atom is 0.242 e. The summed E-state index contributed by atoms with van der Waals surface area (Å²) in [6.07, 6.45) is 2.45. The zero-order valence-electron chi connectivity index (χ0n) is 13.5. The molecule has 2 aliphatic rings. The summed E-state index contributed by atoms with van der Waals surface area (Å²) in [7, 11) is 2.16. The molecule has 0 atom stereocenters. The van der Waals surface area contributed by atoms with Crippen molar-refractivity contribution in [2.45, 2.75) is 6.42 Å². The van der Waals surface area contributed by atoms with Crippen LogP contribution in [0.3, 0.4) is 0 Å². The van der Waals surface area contributed by atoms with E-state index in [0.717, 1.165) is 43.2 Å². The second kappa shape index (κ2) is 6.32. The molecule has 1 aromatic carbocycles. The second-order valence-electron chi connectivity index (χ2n) is 6.19. The fourth-order valence-electron chi connectivity index (χ4n) is 3.24. The van der Waals surface area contributed by atoms with Crippen molar-refractivity contribution in [3.05, 3.63) is 45.6 Å². The van der Waals surface area contributed by atoms with Gasteiger partial charge in [-0.1, -0.05) is 0 Å². The van der Waals surface area contributed by atoms with Crippen LogP contribution in [0, 0.1) is 0 Å². The van der Waals surface area contributed by atoms with E-state index in [1.54, 1.807) is 17.4 Å². The fourth-order valence-corrected chi connectivity index (χ4v) is 4.10. The third-order valence-electron chi connectivity index (χ3n) is 4.64. The minimum atomic E-state index is 0.473. The van der Waals surface area contributed by atoms with Crippen molar-refractivity contribution < 1.29 is 4.79 Å². The van der Waals surface area contributed by atoms with Crippen LogP contribution in [-0.4, -0.2) is 50.0 Å². The number of fused-ring (bicyclic) bond motifs is 2. The molecule has 0 N–H and O–H groups in total. The Bertz CT molecular complexity index is 842. The van der Waals surface area contributed by atoms with Crippen molar-refractivity contribution in [2.24, 2.45) is 9.98 Å². The third-order valence-corrected chi connectivity index (χ3v) is 5.59. The molecule has 0 amide bonds. The number of hydrogen-bond donors (Lipinski definition) is 0. The molecule has 0 spiro atoms. The van der Waals surface area contributed by atoms with Crippen molar-refractivity contribution >= 4 is 34.6 Å². The van der Waals surface area contributed by atoms with E-state index >= 15 is 0 Å². The predicted octanol–water partition coefficient (Wildman–Crippen LogP) is 2.82. The van der Waals surface area contributed by atoms with Gasteiger partial charge in [-0.2, -0.15) is 0 Å². The largest absolute Gasteiger partial charge is 0.369 e. The van der Waals surface area contributed by atoms with E-state index in [0.29, 0.717) is 5.84 Å². The molecule has 0 saturated carbocycles. The van der Waals surface area contributed by atoms with Crippen LogP contribution in [0.15, 0.2) is 39.6 Å². The number of benzene rings is 1. The lowest BCUT2D eigenvalue weighted by Gasteiger charge is -2.34. The molecule has 0 bridgehead atoms. The first kappa shape index (κ1) is 15.3. The Morgan fingerprint density at radius 1 is 1.17 bits per heavy atom. The Labute approximate surface area is 145 Å². The number of amidine groups is 1. The molecule has 1 saturated heterocycles. The smallest absolute Gasteiger partial charge is 0.242 e. The summed E-state index contributed by atoms with van der Waals surface area (Å²) in [4.78, 5) is 24.9. The van der Waals surface area contributed by atoms with Crippen molar-refractivity contribution in [1.82, 2.24) is 4.90 Å². The highest BCUT2D eigenvalue weighted by atomic mass is 32.1. The van der Waals surface area contributed by atoms with E-state index in [1.807, 2.05) is 11.4 Å². The van der Waals surface area contributed by atoms with Gasteiger partial charge in [0.15, 0.2) is 5.84 Å². The molecule has 24 heavy (non-hydrogen) atoms. The van der Waals surface area contributed by atoms with Gasteiger partial charge in [0.05, 0.1) is 10.6 Å². The summed E-state index contributed by atoms with van der Waals surface area (Å²) >= 11 is 1.57. The number of anilines is 1. The van der Waals surface area contributed by atoms with E-state index in [4.69, 9.17) is 0 Å². The first-order chi connectivity index (χ1) is 11.7.